The summed E-state index contributed by atoms with van der Waals surface area (Å²) >= 11 is 0. The zero-order chi connectivity index (χ0) is 18.7. The standard InChI is InChI=1S/C27H24/c1-2-3-5-8-24-12-15-26(16-13-24)19-22-27-20-17-25(18-21-27)14-11-23-9-6-4-7-10-23/h4,6-7,9-10,12-13,15-18,20-21H,2-3,5,8H2,1H3. The average molecular weight is 348 g/mol. The molecule has 0 aliphatic rings. The van der Waals surface area contributed by atoms with Crippen LogP contribution in [0.1, 0.15) is 54.0 Å². The van der Waals surface area contributed by atoms with Crippen LogP contribution >= 0.6 is 0 Å². The maximum atomic E-state index is 3.25. The molecular formula is C27H24. The largest absolute Gasteiger partial charge is 0.0654 e. The van der Waals surface area contributed by atoms with Gasteiger partial charge in [0.15, 0.2) is 0 Å². The predicted molar refractivity (Wildman–Crippen MR) is 115 cm³/mol. The molecule has 0 aliphatic carbocycles. The minimum Gasteiger partial charge on any atom is -0.0654 e. The molecule has 0 bridgehead atoms. The van der Waals surface area contributed by atoms with Crippen molar-refractivity contribution in [3.8, 4) is 23.7 Å². The second-order valence-corrected chi connectivity index (χ2v) is 6.60. The van der Waals surface area contributed by atoms with Gasteiger partial charge in [0, 0.05) is 22.3 Å². The van der Waals surface area contributed by atoms with Gasteiger partial charge in [-0.1, -0.05) is 73.8 Å². The molecule has 0 unspecified atom stereocenters. The minimum atomic E-state index is 1.00. The third kappa shape index (κ3) is 6.22. The lowest BCUT2D eigenvalue weighted by molar-refractivity contribution is 0.717. The van der Waals surface area contributed by atoms with Crippen molar-refractivity contribution in [2.75, 3.05) is 0 Å². The SMILES string of the molecule is CCCCCc1ccc(C#Cc2ccc(C#Cc3ccccc3)cc2)cc1. The molecule has 0 fully saturated rings. The van der Waals surface area contributed by atoms with E-state index in [0.717, 1.165) is 28.7 Å². The number of unbranched alkanes of at least 4 members (excludes halogenated alkanes) is 2. The third-order valence-corrected chi connectivity index (χ3v) is 4.38. The van der Waals surface area contributed by atoms with Crippen LogP contribution in [0.3, 0.4) is 0 Å². The molecule has 3 rings (SSSR count). The summed E-state index contributed by atoms with van der Waals surface area (Å²) in [4.78, 5) is 0. The fourth-order valence-electron chi connectivity index (χ4n) is 2.78. The number of rotatable bonds is 4. The highest BCUT2D eigenvalue weighted by Gasteiger charge is 1.94. The Morgan fingerprint density at radius 2 is 0.963 bits per heavy atom. The minimum absolute atomic E-state index is 1.00. The molecule has 0 N–H and O–H groups in total. The van der Waals surface area contributed by atoms with Crippen LogP contribution in [-0.4, -0.2) is 0 Å². The second-order valence-electron chi connectivity index (χ2n) is 6.60. The van der Waals surface area contributed by atoms with E-state index in [1.165, 1.54) is 24.8 Å². The number of hydrogen-bond acceptors (Lipinski definition) is 0. The van der Waals surface area contributed by atoms with Crippen molar-refractivity contribution in [1.82, 2.24) is 0 Å². The van der Waals surface area contributed by atoms with E-state index >= 15 is 0 Å². The van der Waals surface area contributed by atoms with Crippen molar-refractivity contribution < 1.29 is 0 Å². The van der Waals surface area contributed by atoms with Crippen LogP contribution in [0.2, 0.25) is 0 Å². The highest BCUT2D eigenvalue weighted by atomic mass is 14.0. The van der Waals surface area contributed by atoms with Gasteiger partial charge in [-0.3, -0.25) is 0 Å². The smallest absolute Gasteiger partial charge is 0.0249 e. The summed E-state index contributed by atoms with van der Waals surface area (Å²) in [7, 11) is 0. The molecule has 0 amide bonds. The molecule has 0 heteroatoms. The molecular weight excluding hydrogens is 324 g/mol. The second kappa shape index (κ2) is 10.1. The molecule has 0 radical (unpaired) electrons. The normalized spacial score (nSPS) is 9.67. The lowest BCUT2D eigenvalue weighted by Gasteiger charge is -2.00. The zero-order valence-electron chi connectivity index (χ0n) is 15.8. The summed E-state index contributed by atoms with van der Waals surface area (Å²) in [5, 5.41) is 0. The average Bonchev–Trinajstić information content (AvgIpc) is 2.73. The van der Waals surface area contributed by atoms with Gasteiger partial charge in [0.25, 0.3) is 0 Å². The first-order valence-corrected chi connectivity index (χ1v) is 9.61. The van der Waals surface area contributed by atoms with Crippen LogP contribution in [0.15, 0.2) is 78.9 Å². The molecule has 0 spiro atoms. The monoisotopic (exact) mass is 348 g/mol. The molecule has 0 nitrogen and oxygen atoms in total. The van der Waals surface area contributed by atoms with Crippen LogP contribution in [0.25, 0.3) is 0 Å². The lowest BCUT2D eigenvalue weighted by Crippen LogP contribution is -1.85. The van der Waals surface area contributed by atoms with Gasteiger partial charge in [0.1, 0.15) is 0 Å². The van der Waals surface area contributed by atoms with Crippen molar-refractivity contribution in [3.05, 3.63) is 107 Å². The molecule has 27 heavy (non-hydrogen) atoms. The van der Waals surface area contributed by atoms with Gasteiger partial charge in [-0.2, -0.15) is 0 Å². The van der Waals surface area contributed by atoms with Crippen molar-refractivity contribution in [1.29, 1.82) is 0 Å². The van der Waals surface area contributed by atoms with E-state index in [2.05, 4.69) is 54.9 Å². The highest BCUT2D eigenvalue weighted by Crippen LogP contribution is 2.09. The Morgan fingerprint density at radius 1 is 0.519 bits per heavy atom. The lowest BCUT2D eigenvalue weighted by atomic mass is 10.1. The predicted octanol–water partition coefficient (Wildman–Crippen LogP) is 6.22. The molecule has 132 valence electrons. The van der Waals surface area contributed by atoms with Crippen LogP contribution in [0.5, 0.6) is 0 Å². The van der Waals surface area contributed by atoms with E-state index in [4.69, 9.17) is 0 Å². The van der Waals surface area contributed by atoms with Gasteiger partial charge < -0.3 is 0 Å². The Bertz CT molecular complexity index is 954. The van der Waals surface area contributed by atoms with Gasteiger partial charge in [0.05, 0.1) is 0 Å². The summed E-state index contributed by atoms with van der Waals surface area (Å²) in [6.07, 6.45) is 4.99. The summed E-state index contributed by atoms with van der Waals surface area (Å²) in [6.45, 7) is 2.24. The molecule has 0 atom stereocenters. The maximum absolute atomic E-state index is 3.25. The van der Waals surface area contributed by atoms with Crippen molar-refractivity contribution in [2.24, 2.45) is 0 Å². The summed E-state index contributed by atoms with van der Waals surface area (Å²) < 4.78 is 0. The van der Waals surface area contributed by atoms with Crippen molar-refractivity contribution >= 4 is 0 Å². The first-order valence-electron chi connectivity index (χ1n) is 9.61. The first kappa shape index (κ1) is 18.6. The fourth-order valence-corrected chi connectivity index (χ4v) is 2.78. The first-order chi connectivity index (χ1) is 13.3. The zero-order valence-corrected chi connectivity index (χ0v) is 15.8. The van der Waals surface area contributed by atoms with E-state index in [0.29, 0.717) is 0 Å². The van der Waals surface area contributed by atoms with Crippen LogP contribution < -0.4 is 0 Å². The molecule has 0 aromatic heterocycles. The van der Waals surface area contributed by atoms with E-state index in [1.807, 2.05) is 54.6 Å². The van der Waals surface area contributed by atoms with Crippen molar-refractivity contribution in [2.45, 2.75) is 32.6 Å². The van der Waals surface area contributed by atoms with Gasteiger partial charge in [-0.25, -0.2) is 0 Å². The highest BCUT2D eigenvalue weighted by molar-refractivity contribution is 5.48. The van der Waals surface area contributed by atoms with Crippen LogP contribution in [0, 0.1) is 23.7 Å². The van der Waals surface area contributed by atoms with Gasteiger partial charge in [0.2, 0.25) is 0 Å². The molecule has 0 saturated heterocycles. The Kier molecular flexibility index (Phi) is 6.92. The Hall–Kier alpha value is -3.22. The van der Waals surface area contributed by atoms with Gasteiger partial charge >= 0.3 is 0 Å². The maximum Gasteiger partial charge on any atom is 0.0249 e. The Labute approximate surface area is 163 Å². The fraction of sp³-hybridized carbons (Fsp3) is 0.185. The van der Waals surface area contributed by atoms with Gasteiger partial charge in [-0.15, -0.1) is 0 Å². The molecule has 0 aliphatic heterocycles. The van der Waals surface area contributed by atoms with Gasteiger partial charge in [-0.05, 0) is 66.9 Å². The number of aryl methyl sites for hydroxylation is 1. The topological polar surface area (TPSA) is 0 Å². The van der Waals surface area contributed by atoms with E-state index in [9.17, 15) is 0 Å². The third-order valence-electron chi connectivity index (χ3n) is 4.38. The molecule has 3 aromatic carbocycles. The van der Waals surface area contributed by atoms with Crippen LogP contribution in [0.4, 0.5) is 0 Å². The summed E-state index contributed by atoms with van der Waals surface area (Å²) in [5.41, 5.74) is 5.49. The number of benzene rings is 3. The quantitative estimate of drug-likeness (QED) is 0.388. The summed E-state index contributed by atoms with van der Waals surface area (Å²) in [5.74, 6) is 12.8. The molecule has 0 saturated carbocycles. The Balaban J connectivity index is 1.61. The molecule has 3 aromatic rings. The van der Waals surface area contributed by atoms with E-state index in [1.54, 1.807) is 0 Å². The van der Waals surface area contributed by atoms with Crippen molar-refractivity contribution in [3.63, 3.8) is 0 Å². The number of hydrogen-bond donors (Lipinski definition) is 0. The van der Waals surface area contributed by atoms with E-state index < -0.39 is 0 Å². The summed E-state index contributed by atoms with van der Waals surface area (Å²) in [6, 6.07) is 26.8. The van der Waals surface area contributed by atoms with Crippen LogP contribution in [-0.2, 0) is 6.42 Å². The van der Waals surface area contributed by atoms with E-state index in [-0.39, 0.29) is 0 Å². The molecule has 0 heterocycles. The Morgan fingerprint density at radius 3 is 1.44 bits per heavy atom.